The molecular formula is C16H17N5O3. The number of esters is 1. The Morgan fingerprint density at radius 3 is 2.88 bits per heavy atom. The van der Waals surface area contributed by atoms with Crippen molar-refractivity contribution in [1.82, 2.24) is 15.2 Å². The number of carbonyl (C=O) groups excluding carboxylic acids is 2. The summed E-state index contributed by atoms with van der Waals surface area (Å²) < 4.78 is 4.79. The number of fused-ring (bicyclic) bond motifs is 1. The number of amides is 2. The Bertz CT molecular complexity index is 896. The number of hydrogen-bond acceptors (Lipinski definition) is 4. The monoisotopic (exact) mass is 327 g/mol. The molecular weight excluding hydrogens is 310 g/mol. The number of nitrogens with one attached hydrogen (secondary N) is 4. The number of carbonyl (C=O) groups is 2. The van der Waals surface area contributed by atoms with E-state index in [-0.39, 0.29) is 0 Å². The molecule has 0 unspecified atom stereocenters. The lowest BCUT2D eigenvalue weighted by Crippen LogP contribution is -2.20. The largest absolute Gasteiger partial charge is 0.465 e. The maximum atomic E-state index is 12.2. The van der Waals surface area contributed by atoms with E-state index in [0.29, 0.717) is 17.1 Å². The Morgan fingerprint density at radius 1 is 1.29 bits per heavy atom. The van der Waals surface area contributed by atoms with Crippen LogP contribution in [-0.4, -0.2) is 34.3 Å². The standard InChI is InChI=1S/C16H17N5O3/c1-3-9-8-18-21-14(9)20-16(23)19-10-6-12(15(22)24-2)11-4-5-17-13(11)7-10/h4-8,17H,3H2,1-2H3,(H3,18,19,20,21,23). The highest BCUT2D eigenvalue weighted by molar-refractivity contribution is 6.07. The van der Waals surface area contributed by atoms with E-state index in [2.05, 4.69) is 25.8 Å². The van der Waals surface area contributed by atoms with Gasteiger partial charge in [-0.25, -0.2) is 9.59 Å². The van der Waals surface area contributed by atoms with Gasteiger partial charge < -0.3 is 15.0 Å². The van der Waals surface area contributed by atoms with Crippen LogP contribution in [0.15, 0.2) is 30.6 Å². The van der Waals surface area contributed by atoms with Crippen LogP contribution in [0, 0.1) is 0 Å². The summed E-state index contributed by atoms with van der Waals surface area (Å²) in [7, 11) is 1.32. The quantitative estimate of drug-likeness (QED) is 0.552. The number of hydrogen-bond donors (Lipinski definition) is 4. The van der Waals surface area contributed by atoms with Crippen LogP contribution >= 0.6 is 0 Å². The van der Waals surface area contributed by atoms with Crippen molar-refractivity contribution in [3.63, 3.8) is 0 Å². The second-order valence-electron chi connectivity index (χ2n) is 5.16. The average molecular weight is 327 g/mol. The van der Waals surface area contributed by atoms with Crippen LogP contribution in [-0.2, 0) is 11.2 Å². The van der Waals surface area contributed by atoms with Gasteiger partial charge in [-0.15, -0.1) is 0 Å². The molecule has 0 fully saturated rings. The van der Waals surface area contributed by atoms with Crippen molar-refractivity contribution in [2.75, 3.05) is 17.7 Å². The summed E-state index contributed by atoms with van der Waals surface area (Å²) in [4.78, 5) is 27.1. The lowest BCUT2D eigenvalue weighted by Gasteiger charge is -2.09. The van der Waals surface area contributed by atoms with E-state index in [1.165, 1.54) is 7.11 Å². The fourth-order valence-electron chi connectivity index (χ4n) is 2.48. The Labute approximate surface area is 137 Å². The molecule has 8 nitrogen and oxygen atoms in total. The van der Waals surface area contributed by atoms with Gasteiger partial charge in [0.2, 0.25) is 0 Å². The summed E-state index contributed by atoms with van der Waals surface area (Å²) in [6.07, 6.45) is 4.13. The van der Waals surface area contributed by atoms with Gasteiger partial charge in [0, 0.05) is 28.4 Å². The third-order valence-electron chi connectivity index (χ3n) is 3.67. The van der Waals surface area contributed by atoms with Gasteiger partial charge in [-0.1, -0.05) is 6.92 Å². The zero-order valence-corrected chi connectivity index (χ0v) is 13.3. The van der Waals surface area contributed by atoms with Crippen molar-refractivity contribution in [1.29, 1.82) is 0 Å². The lowest BCUT2D eigenvalue weighted by atomic mass is 10.1. The Kier molecular flexibility index (Phi) is 4.19. The second-order valence-corrected chi connectivity index (χ2v) is 5.16. The molecule has 8 heteroatoms. The van der Waals surface area contributed by atoms with Gasteiger partial charge in [-0.05, 0) is 24.6 Å². The van der Waals surface area contributed by atoms with Gasteiger partial charge in [0.1, 0.15) is 5.82 Å². The molecule has 3 rings (SSSR count). The van der Waals surface area contributed by atoms with Crippen molar-refractivity contribution < 1.29 is 14.3 Å². The van der Waals surface area contributed by atoms with Gasteiger partial charge >= 0.3 is 12.0 Å². The first-order valence-electron chi connectivity index (χ1n) is 7.42. The topological polar surface area (TPSA) is 112 Å². The molecule has 0 saturated heterocycles. The summed E-state index contributed by atoms with van der Waals surface area (Å²) in [6, 6.07) is 4.67. The van der Waals surface area contributed by atoms with Crippen molar-refractivity contribution in [2.45, 2.75) is 13.3 Å². The summed E-state index contributed by atoms with van der Waals surface area (Å²) in [5.74, 6) is 0.0784. The highest BCUT2D eigenvalue weighted by Crippen LogP contribution is 2.24. The Hall–Kier alpha value is -3.29. The van der Waals surface area contributed by atoms with Crippen LogP contribution < -0.4 is 10.6 Å². The van der Waals surface area contributed by atoms with E-state index in [1.807, 2.05) is 6.92 Å². The first kappa shape index (κ1) is 15.6. The predicted molar refractivity (Wildman–Crippen MR) is 90.2 cm³/mol. The second kappa shape index (κ2) is 6.45. The van der Waals surface area contributed by atoms with Crippen LogP contribution in [0.4, 0.5) is 16.3 Å². The van der Waals surface area contributed by atoms with Gasteiger partial charge in [0.15, 0.2) is 0 Å². The number of aromatic amines is 2. The molecule has 24 heavy (non-hydrogen) atoms. The van der Waals surface area contributed by atoms with Crippen LogP contribution in [0.25, 0.3) is 10.9 Å². The number of benzene rings is 1. The molecule has 4 N–H and O–H groups in total. The summed E-state index contributed by atoms with van der Waals surface area (Å²) in [5, 5.41) is 12.8. The number of aryl methyl sites for hydroxylation is 1. The summed E-state index contributed by atoms with van der Waals surface area (Å²) in [5.41, 5.74) is 2.48. The fraction of sp³-hybridized carbons (Fsp3) is 0.188. The number of nitrogens with zero attached hydrogens (tertiary/aromatic N) is 1. The van der Waals surface area contributed by atoms with Crippen molar-refractivity contribution in [3.8, 4) is 0 Å². The molecule has 0 radical (unpaired) electrons. The van der Waals surface area contributed by atoms with Crippen molar-refractivity contribution >= 4 is 34.4 Å². The zero-order valence-electron chi connectivity index (χ0n) is 13.3. The van der Waals surface area contributed by atoms with Gasteiger partial charge in [-0.2, -0.15) is 5.10 Å². The van der Waals surface area contributed by atoms with Crippen molar-refractivity contribution in [3.05, 3.63) is 41.7 Å². The number of rotatable bonds is 4. The first-order valence-corrected chi connectivity index (χ1v) is 7.42. The fourth-order valence-corrected chi connectivity index (χ4v) is 2.48. The van der Waals surface area contributed by atoms with Crippen LogP contribution in [0.3, 0.4) is 0 Å². The molecule has 2 amide bonds. The summed E-state index contributed by atoms with van der Waals surface area (Å²) >= 11 is 0. The van der Waals surface area contributed by atoms with Crippen LogP contribution in [0.1, 0.15) is 22.8 Å². The molecule has 0 saturated carbocycles. The van der Waals surface area contributed by atoms with E-state index in [9.17, 15) is 9.59 Å². The SMILES string of the molecule is CCc1cn[nH]c1NC(=O)Nc1cc(C(=O)OC)c2cc[nH]c2c1. The maximum Gasteiger partial charge on any atom is 0.338 e. The van der Waals surface area contributed by atoms with Gasteiger partial charge in [-0.3, -0.25) is 10.4 Å². The minimum atomic E-state index is -0.467. The van der Waals surface area contributed by atoms with Gasteiger partial charge in [0.05, 0.1) is 18.9 Å². The molecule has 124 valence electrons. The van der Waals surface area contributed by atoms with Crippen molar-refractivity contribution in [2.24, 2.45) is 0 Å². The Morgan fingerprint density at radius 2 is 2.12 bits per heavy atom. The smallest absolute Gasteiger partial charge is 0.338 e. The maximum absolute atomic E-state index is 12.2. The van der Waals surface area contributed by atoms with E-state index in [4.69, 9.17) is 4.74 Å². The van der Waals surface area contributed by atoms with E-state index in [1.54, 1.807) is 30.6 Å². The minimum absolute atomic E-state index is 0.377. The highest BCUT2D eigenvalue weighted by Gasteiger charge is 2.15. The summed E-state index contributed by atoms with van der Waals surface area (Å²) in [6.45, 7) is 1.97. The zero-order chi connectivity index (χ0) is 17.1. The van der Waals surface area contributed by atoms with E-state index >= 15 is 0 Å². The minimum Gasteiger partial charge on any atom is -0.465 e. The van der Waals surface area contributed by atoms with Gasteiger partial charge in [0.25, 0.3) is 0 Å². The number of H-pyrrole nitrogens is 2. The van der Waals surface area contributed by atoms with E-state index < -0.39 is 12.0 Å². The van der Waals surface area contributed by atoms with E-state index in [0.717, 1.165) is 22.9 Å². The number of methoxy groups -OCH3 is 1. The number of urea groups is 1. The molecule has 0 aliphatic heterocycles. The number of ether oxygens (including phenoxy) is 1. The third-order valence-corrected chi connectivity index (χ3v) is 3.67. The molecule has 3 aromatic rings. The first-order chi connectivity index (χ1) is 11.6. The lowest BCUT2D eigenvalue weighted by molar-refractivity contribution is 0.0603. The highest BCUT2D eigenvalue weighted by atomic mass is 16.5. The normalized spacial score (nSPS) is 10.6. The Balaban J connectivity index is 1.84. The number of anilines is 2. The number of aromatic nitrogens is 3. The molecule has 0 aliphatic rings. The molecule has 2 heterocycles. The van der Waals surface area contributed by atoms with Crippen LogP contribution in [0.5, 0.6) is 0 Å². The molecule has 0 bridgehead atoms. The van der Waals surface area contributed by atoms with Crippen LogP contribution in [0.2, 0.25) is 0 Å². The molecule has 0 atom stereocenters. The molecule has 0 spiro atoms. The average Bonchev–Trinajstić information content (AvgIpc) is 3.21. The molecule has 2 aromatic heterocycles. The molecule has 1 aromatic carbocycles. The third kappa shape index (κ3) is 2.94. The predicted octanol–water partition coefficient (Wildman–Crippen LogP) is 2.88. The molecule has 0 aliphatic carbocycles.